The van der Waals surface area contributed by atoms with Gasteiger partial charge in [0.25, 0.3) is 0 Å². The van der Waals surface area contributed by atoms with Crippen LogP contribution in [-0.2, 0) is 19.4 Å². The first-order valence-corrected chi connectivity index (χ1v) is 7.09. The predicted molar refractivity (Wildman–Crippen MR) is 74.3 cm³/mol. The average Bonchev–Trinajstić information content (AvgIpc) is 2.94. The number of nitrogens with zero attached hydrogens (tertiary/aromatic N) is 2. The standard InChI is InChI=1S/C15H19N3O2/c1-2-15-17-14(18-20-15)9-19-11-7-6-10-4-3-5-13(16)12(10)8-11/h6-8,13H,2-5,9,16H2,1H3. The number of nitrogens with two attached hydrogens (primary N) is 1. The third kappa shape index (κ3) is 2.67. The maximum Gasteiger partial charge on any atom is 0.226 e. The largest absolute Gasteiger partial charge is 0.485 e. The number of ether oxygens (including phenoxy) is 1. The Labute approximate surface area is 118 Å². The summed E-state index contributed by atoms with van der Waals surface area (Å²) in [7, 11) is 0. The molecular formula is C15H19N3O2. The van der Waals surface area contributed by atoms with Crippen molar-refractivity contribution in [2.75, 3.05) is 0 Å². The van der Waals surface area contributed by atoms with Gasteiger partial charge >= 0.3 is 0 Å². The maximum atomic E-state index is 6.15. The van der Waals surface area contributed by atoms with Crippen LogP contribution in [0.15, 0.2) is 22.7 Å². The molecule has 2 N–H and O–H groups in total. The van der Waals surface area contributed by atoms with E-state index in [1.165, 1.54) is 11.1 Å². The van der Waals surface area contributed by atoms with Crippen molar-refractivity contribution in [2.45, 2.75) is 45.3 Å². The topological polar surface area (TPSA) is 74.2 Å². The summed E-state index contributed by atoms with van der Waals surface area (Å²) < 4.78 is 10.8. The van der Waals surface area contributed by atoms with Crippen molar-refractivity contribution in [3.63, 3.8) is 0 Å². The van der Waals surface area contributed by atoms with E-state index in [9.17, 15) is 0 Å². The van der Waals surface area contributed by atoms with Gasteiger partial charge in [0.15, 0.2) is 6.61 Å². The second-order valence-electron chi connectivity index (χ2n) is 5.11. The fourth-order valence-corrected chi connectivity index (χ4v) is 2.54. The van der Waals surface area contributed by atoms with E-state index in [1.54, 1.807) is 0 Å². The number of aryl methyl sites for hydroxylation is 2. The van der Waals surface area contributed by atoms with Gasteiger partial charge in [0, 0.05) is 12.5 Å². The molecule has 106 valence electrons. The molecule has 0 saturated heterocycles. The van der Waals surface area contributed by atoms with Crippen LogP contribution in [0.25, 0.3) is 0 Å². The lowest BCUT2D eigenvalue weighted by Crippen LogP contribution is -2.17. The Balaban J connectivity index is 1.70. The van der Waals surface area contributed by atoms with Crippen molar-refractivity contribution in [1.29, 1.82) is 0 Å². The molecule has 0 fully saturated rings. The van der Waals surface area contributed by atoms with Crippen molar-refractivity contribution in [3.8, 4) is 5.75 Å². The summed E-state index contributed by atoms with van der Waals surface area (Å²) in [4.78, 5) is 4.22. The molecule has 0 amide bonds. The Morgan fingerprint density at radius 2 is 2.35 bits per heavy atom. The molecule has 1 aromatic carbocycles. The zero-order valence-electron chi connectivity index (χ0n) is 11.6. The van der Waals surface area contributed by atoms with Crippen LogP contribution in [0, 0.1) is 0 Å². The van der Waals surface area contributed by atoms with Crippen LogP contribution in [-0.4, -0.2) is 10.1 Å². The number of hydrogen-bond donors (Lipinski definition) is 1. The van der Waals surface area contributed by atoms with Crippen LogP contribution >= 0.6 is 0 Å². The number of rotatable bonds is 4. The third-order valence-electron chi connectivity index (χ3n) is 3.66. The van der Waals surface area contributed by atoms with Gasteiger partial charge < -0.3 is 15.0 Å². The second kappa shape index (κ2) is 5.63. The van der Waals surface area contributed by atoms with E-state index < -0.39 is 0 Å². The predicted octanol–water partition coefficient (Wildman–Crippen LogP) is 2.55. The smallest absolute Gasteiger partial charge is 0.226 e. The minimum atomic E-state index is 0.124. The van der Waals surface area contributed by atoms with E-state index in [0.29, 0.717) is 18.3 Å². The highest BCUT2D eigenvalue weighted by Gasteiger charge is 2.17. The van der Waals surface area contributed by atoms with Crippen LogP contribution in [0.2, 0.25) is 0 Å². The van der Waals surface area contributed by atoms with Crippen molar-refractivity contribution >= 4 is 0 Å². The van der Waals surface area contributed by atoms with E-state index in [2.05, 4.69) is 16.2 Å². The number of hydrogen-bond acceptors (Lipinski definition) is 5. The van der Waals surface area contributed by atoms with Crippen LogP contribution in [0.4, 0.5) is 0 Å². The molecule has 1 aliphatic rings. The molecular weight excluding hydrogens is 254 g/mol. The minimum absolute atomic E-state index is 0.124. The molecule has 1 atom stereocenters. The molecule has 0 radical (unpaired) electrons. The van der Waals surface area contributed by atoms with Gasteiger partial charge in [-0.1, -0.05) is 18.1 Å². The average molecular weight is 273 g/mol. The van der Waals surface area contributed by atoms with Crippen LogP contribution in [0.3, 0.4) is 0 Å². The molecule has 1 aromatic heterocycles. The summed E-state index contributed by atoms with van der Waals surface area (Å²) in [6, 6.07) is 6.26. The third-order valence-corrected chi connectivity index (χ3v) is 3.66. The van der Waals surface area contributed by atoms with Crippen LogP contribution in [0.1, 0.15) is 48.6 Å². The molecule has 1 heterocycles. The van der Waals surface area contributed by atoms with Gasteiger partial charge in [-0.05, 0) is 42.5 Å². The molecule has 0 saturated carbocycles. The Morgan fingerprint density at radius 3 is 3.15 bits per heavy atom. The van der Waals surface area contributed by atoms with Gasteiger partial charge in [-0.3, -0.25) is 0 Å². The van der Waals surface area contributed by atoms with Gasteiger partial charge in [-0.15, -0.1) is 0 Å². The first-order valence-electron chi connectivity index (χ1n) is 7.09. The van der Waals surface area contributed by atoms with E-state index in [1.807, 2.05) is 19.1 Å². The van der Waals surface area contributed by atoms with Gasteiger partial charge in [0.05, 0.1) is 0 Å². The number of fused-ring (bicyclic) bond motifs is 1. The summed E-state index contributed by atoms with van der Waals surface area (Å²) in [5, 5.41) is 3.87. The highest BCUT2D eigenvalue weighted by molar-refractivity contribution is 5.39. The van der Waals surface area contributed by atoms with Gasteiger partial charge in [0.1, 0.15) is 5.75 Å². The van der Waals surface area contributed by atoms with E-state index in [4.69, 9.17) is 15.0 Å². The Bertz CT molecular complexity index is 595. The first kappa shape index (κ1) is 13.1. The molecule has 3 rings (SSSR count). The lowest BCUT2D eigenvalue weighted by molar-refractivity contribution is 0.284. The van der Waals surface area contributed by atoms with Crippen molar-refractivity contribution < 1.29 is 9.26 Å². The highest BCUT2D eigenvalue weighted by atomic mass is 16.5. The van der Waals surface area contributed by atoms with Crippen molar-refractivity contribution in [2.24, 2.45) is 5.73 Å². The quantitative estimate of drug-likeness (QED) is 0.926. The summed E-state index contributed by atoms with van der Waals surface area (Å²) >= 11 is 0. The minimum Gasteiger partial charge on any atom is -0.485 e. The Hall–Kier alpha value is -1.88. The molecule has 1 unspecified atom stereocenters. The van der Waals surface area contributed by atoms with E-state index in [0.717, 1.165) is 31.4 Å². The van der Waals surface area contributed by atoms with Crippen molar-refractivity contribution in [3.05, 3.63) is 41.0 Å². The highest BCUT2D eigenvalue weighted by Crippen LogP contribution is 2.30. The summed E-state index contributed by atoms with van der Waals surface area (Å²) in [6.07, 6.45) is 4.05. The fraction of sp³-hybridized carbons (Fsp3) is 0.467. The molecule has 5 nitrogen and oxygen atoms in total. The normalized spacial score (nSPS) is 17.8. The molecule has 20 heavy (non-hydrogen) atoms. The Kier molecular flexibility index (Phi) is 3.69. The van der Waals surface area contributed by atoms with Crippen LogP contribution in [0.5, 0.6) is 5.75 Å². The van der Waals surface area contributed by atoms with Crippen LogP contribution < -0.4 is 10.5 Å². The Morgan fingerprint density at radius 1 is 1.45 bits per heavy atom. The molecule has 1 aliphatic carbocycles. The zero-order chi connectivity index (χ0) is 13.9. The summed E-state index contributed by atoms with van der Waals surface area (Å²) in [6.45, 7) is 2.29. The molecule has 2 aromatic rings. The monoisotopic (exact) mass is 273 g/mol. The lowest BCUT2D eigenvalue weighted by atomic mass is 9.88. The molecule has 0 bridgehead atoms. The molecule has 0 spiro atoms. The summed E-state index contributed by atoms with van der Waals surface area (Å²) in [5.41, 5.74) is 8.69. The fourth-order valence-electron chi connectivity index (χ4n) is 2.54. The van der Waals surface area contributed by atoms with Gasteiger partial charge in [0.2, 0.25) is 11.7 Å². The number of benzene rings is 1. The van der Waals surface area contributed by atoms with Gasteiger partial charge in [-0.2, -0.15) is 4.98 Å². The zero-order valence-corrected chi connectivity index (χ0v) is 11.6. The van der Waals surface area contributed by atoms with E-state index >= 15 is 0 Å². The number of aromatic nitrogens is 2. The van der Waals surface area contributed by atoms with Crippen molar-refractivity contribution in [1.82, 2.24) is 10.1 Å². The molecule has 0 aliphatic heterocycles. The SMILES string of the molecule is CCc1nc(COc2ccc3c(c2)C(N)CCC3)no1. The summed E-state index contributed by atoms with van der Waals surface area (Å²) in [5.74, 6) is 2.02. The second-order valence-corrected chi connectivity index (χ2v) is 5.11. The van der Waals surface area contributed by atoms with Gasteiger partial charge in [-0.25, -0.2) is 0 Å². The lowest BCUT2D eigenvalue weighted by Gasteiger charge is -2.22. The first-order chi connectivity index (χ1) is 9.76. The van der Waals surface area contributed by atoms with E-state index in [-0.39, 0.29) is 6.04 Å². The molecule has 5 heteroatoms. The maximum absolute atomic E-state index is 6.15.